The van der Waals surface area contributed by atoms with Crippen molar-refractivity contribution in [3.8, 4) is 6.07 Å². The van der Waals surface area contributed by atoms with Crippen molar-refractivity contribution >= 4 is 5.91 Å². The number of aromatic amines is 1. The second-order valence-corrected chi connectivity index (χ2v) is 5.55. The predicted octanol–water partition coefficient (Wildman–Crippen LogP) is 1.15. The zero-order chi connectivity index (χ0) is 14.8. The van der Waals surface area contributed by atoms with Crippen molar-refractivity contribution in [2.24, 2.45) is 0 Å². The number of carbonyl (C=O) groups excluding carboxylic acids is 1. The molecular formula is C14H19N3O3. The maximum atomic E-state index is 12.5. The molecule has 1 N–H and O–H groups in total. The minimum absolute atomic E-state index is 0.0970. The molecule has 0 saturated carbocycles. The summed E-state index contributed by atoms with van der Waals surface area (Å²) >= 11 is 0. The Morgan fingerprint density at radius 3 is 3.05 bits per heavy atom. The quantitative estimate of drug-likeness (QED) is 0.899. The second-order valence-electron chi connectivity index (χ2n) is 5.55. The second kappa shape index (κ2) is 5.65. The number of carbonyl (C=O) groups is 1. The van der Waals surface area contributed by atoms with Crippen molar-refractivity contribution in [3.63, 3.8) is 0 Å². The van der Waals surface area contributed by atoms with Crippen molar-refractivity contribution in [1.29, 1.82) is 5.26 Å². The largest absolute Gasteiger partial charge is 0.382 e. The molecule has 0 bridgehead atoms. The van der Waals surface area contributed by atoms with E-state index in [9.17, 15) is 4.79 Å². The summed E-state index contributed by atoms with van der Waals surface area (Å²) in [5, 5.41) is 8.80. The first-order chi connectivity index (χ1) is 9.45. The summed E-state index contributed by atoms with van der Waals surface area (Å²) in [5.41, 5.74) is 0.468. The summed E-state index contributed by atoms with van der Waals surface area (Å²) < 4.78 is 11.0. The maximum Gasteiger partial charge on any atom is 0.255 e. The van der Waals surface area contributed by atoms with Crippen molar-refractivity contribution in [3.05, 3.63) is 23.5 Å². The summed E-state index contributed by atoms with van der Waals surface area (Å²) in [4.78, 5) is 17.0. The first kappa shape index (κ1) is 14.6. The Balaban J connectivity index is 2.14. The topological polar surface area (TPSA) is 78.4 Å². The Morgan fingerprint density at radius 1 is 1.70 bits per heavy atom. The van der Waals surface area contributed by atoms with Gasteiger partial charge in [0.15, 0.2) is 0 Å². The molecule has 0 spiro atoms. The highest BCUT2D eigenvalue weighted by Gasteiger charge is 2.36. The number of hydrogen-bond acceptors (Lipinski definition) is 4. The molecule has 1 atom stereocenters. The van der Waals surface area contributed by atoms with Gasteiger partial charge in [-0.15, -0.1) is 0 Å². The van der Waals surface area contributed by atoms with Gasteiger partial charge in [-0.2, -0.15) is 5.26 Å². The van der Waals surface area contributed by atoms with Gasteiger partial charge >= 0.3 is 0 Å². The maximum absolute atomic E-state index is 12.5. The number of rotatable bonds is 3. The molecule has 2 heterocycles. The predicted molar refractivity (Wildman–Crippen MR) is 72.2 cm³/mol. The third-order valence-corrected chi connectivity index (χ3v) is 3.17. The minimum atomic E-state index is -0.411. The number of ether oxygens (including phenoxy) is 2. The molecule has 0 aromatic carbocycles. The van der Waals surface area contributed by atoms with Crippen LogP contribution in [-0.4, -0.2) is 54.3 Å². The fourth-order valence-corrected chi connectivity index (χ4v) is 2.49. The zero-order valence-corrected chi connectivity index (χ0v) is 12.0. The molecule has 2 rings (SSSR count). The van der Waals surface area contributed by atoms with E-state index in [1.165, 1.54) is 0 Å². The van der Waals surface area contributed by atoms with Crippen LogP contribution in [-0.2, 0) is 9.47 Å². The molecule has 1 saturated heterocycles. The molecule has 1 aromatic heterocycles. The van der Waals surface area contributed by atoms with Crippen LogP contribution < -0.4 is 0 Å². The van der Waals surface area contributed by atoms with Crippen LogP contribution in [0, 0.1) is 11.3 Å². The summed E-state index contributed by atoms with van der Waals surface area (Å²) in [7, 11) is 1.61. The molecule has 1 aromatic rings. The minimum Gasteiger partial charge on any atom is -0.382 e. The lowest BCUT2D eigenvalue weighted by Crippen LogP contribution is -2.55. The van der Waals surface area contributed by atoms with Crippen LogP contribution >= 0.6 is 0 Å². The number of nitrogens with zero attached hydrogens (tertiary/aromatic N) is 2. The van der Waals surface area contributed by atoms with Gasteiger partial charge < -0.3 is 19.4 Å². The molecule has 1 amide bonds. The van der Waals surface area contributed by atoms with Crippen LogP contribution in [0.5, 0.6) is 0 Å². The Morgan fingerprint density at radius 2 is 2.45 bits per heavy atom. The third kappa shape index (κ3) is 3.18. The Hall–Kier alpha value is -1.84. The molecule has 0 radical (unpaired) electrons. The molecule has 1 aliphatic rings. The lowest BCUT2D eigenvalue weighted by Gasteiger charge is -2.42. The van der Waals surface area contributed by atoms with Crippen LogP contribution in [0.2, 0.25) is 0 Å². The molecule has 108 valence electrons. The van der Waals surface area contributed by atoms with Crippen LogP contribution in [0.25, 0.3) is 0 Å². The smallest absolute Gasteiger partial charge is 0.255 e. The van der Waals surface area contributed by atoms with Crippen molar-refractivity contribution < 1.29 is 14.3 Å². The number of amides is 1. The normalized spacial score (nSPS) is 21.5. The van der Waals surface area contributed by atoms with Crippen molar-refractivity contribution in [1.82, 2.24) is 9.88 Å². The summed E-state index contributed by atoms with van der Waals surface area (Å²) in [6.07, 6.45) is 1.43. The van der Waals surface area contributed by atoms with Gasteiger partial charge in [0.2, 0.25) is 0 Å². The van der Waals surface area contributed by atoms with Crippen molar-refractivity contribution in [2.75, 3.05) is 26.8 Å². The number of nitrogens with one attached hydrogen (secondary N) is 1. The van der Waals surface area contributed by atoms with Crippen LogP contribution in [0.4, 0.5) is 0 Å². The van der Waals surface area contributed by atoms with Gasteiger partial charge in [0.1, 0.15) is 11.8 Å². The van der Waals surface area contributed by atoms with E-state index >= 15 is 0 Å². The van der Waals surface area contributed by atoms with E-state index in [0.717, 1.165) is 0 Å². The van der Waals surface area contributed by atoms with Crippen LogP contribution in [0.1, 0.15) is 29.9 Å². The molecular weight excluding hydrogens is 258 g/mol. The van der Waals surface area contributed by atoms with Gasteiger partial charge in [-0.25, -0.2) is 0 Å². The number of H-pyrrole nitrogens is 1. The number of nitriles is 1. The SMILES string of the molecule is COCC1CN(C(=O)c2c[nH]c(C#N)c2)CC(C)(C)O1. The highest BCUT2D eigenvalue weighted by Crippen LogP contribution is 2.23. The Kier molecular flexibility index (Phi) is 4.12. The molecule has 1 fully saturated rings. The van der Waals surface area contributed by atoms with E-state index in [-0.39, 0.29) is 12.0 Å². The average Bonchev–Trinajstić information content (AvgIpc) is 2.85. The summed E-state index contributed by atoms with van der Waals surface area (Å²) in [6.45, 7) is 5.35. The standard InChI is InChI=1S/C14H19N3O3/c1-14(2)9-17(7-12(20-14)8-19-3)13(18)10-4-11(5-15)16-6-10/h4,6,12,16H,7-9H2,1-3H3. The fourth-order valence-electron chi connectivity index (χ4n) is 2.49. The van der Waals surface area contributed by atoms with Gasteiger partial charge in [-0.05, 0) is 19.9 Å². The fraction of sp³-hybridized carbons (Fsp3) is 0.571. The van der Waals surface area contributed by atoms with E-state index in [1.54, 1.807) is 24.3 Å². The van der Waals surface area contributed by atoms with E-state index in [2.05, 4.69) is 4.98 Å². The van der Waals surface area contributed by atoms with Crippen molar-refractivity contribution in [2.45, 2.75) is 25.6 Å². The summed E-state index contributed by atoms with van der Waals surface area (Å²) in [6, 6.07) is 3.55. The first-order valence-corrected chi connectivity index (χ1v) is 6.50. The lowest BCUT2D eigenvalue weighted by molar-refractivity contribution is -0.143. The number of hydrogen-bond donors (Lipinski definition) is 1. The number of aromatic nitrogens is 1. The third-order valence-electron chi connectivity index (χ3n) is 3.17. The molecule has 20 heavy (non-hydrogen) atoms. The van der Waals surface area contributed by atoms with E-state index in [1.807, 2.05) is 19.9 Å². The highest BCUT2D eigenvalue weighted by molar-refractivity contribution is 5.94. The molecule has 1 unspecified atom stereocenters. The van der Waals surface area contributed by atoms with E-state index in [4.69, 9.17) is 14.7 Å². The van der Waals surface area contributed by atoms with Gasteiger partial charge in [-0.1, -0.05) is 0 Å². The van der Waals surface area contributed by atoms with Gasteiger partial charge in [-0.3, -0.25) is 4.79 Å². The van der Waals surface area contributed by atoms with E-state index in [0.29, 0.717) is 31.0 Å². The Labute approximate surface area is 118 Å². The van der Waals surface area contributed by atoms with E-state index < -0.39 is 5.60 Å². The van der Waals surface area contributed by atoms with Gasteiger partial charge in [0.25, 0.3) is 5.91 Å². The molecule has 6 heteroatoms. The molecule has 6 nitrogen and oxygen atoms in total. The number of methoxy groups -OCH3 is 1. The molecule has 1 aliphatic heterocycles. The summed E-state index contributed by atoms with van der Waals surface area (Å²) in [5.74, 6) is -0.0970. The average molecular weight is 277 g/mol. The Bertz CT molecular complexity index is 530. The highest BCUT2D eigenvalue weighted by atomic mass is 16.5. The van der Waals surface area contributed by atoms with Crippen LogP contribution in [0.15, 0.2) is 12.3 Å². The zero-order valence-electron chi connectivity index (χ0n) is 12.0. The lowest BCUT2D eigenvalue weighted by atomic mass is 10.0. The van der Waals surface area contributed by atoms with Crippen LogP contribution in [0.3, 0.4) is 0 Å². The monoisotopic (exact) mass is 277 g/mol. The molecule has 0 aliphatic carbocycles. The number of morpholine rings is 1. The van der Waals surface area contributed by atoms with Gasteiger partial charge in [0.05, 0.1) is 23.9 Å². The first-order valence-electron chi connectivity index (χ1n) is 6.50. The van der Waals surface area contributed by atoms with Gasteiger partial charge in [0, 0.05) is 26.4 Å².